The fourth-order valence-corrected chi connectivity index (χ4v) is 5.57. The van der Waals surface area contributed by atoms with Crippen molar-refractivity contribution in [3.8, 4) is 0 Å². The Bertz CT molecular complexity index is 1060. The van der Waals surface area contributed by atoms with Crippen LogP contribution in [-0.4, -0.2) is 58.0 Å². The third kappa shape index (κ3) is 4.95. The zero-order valence-electron chi connectivity index (χ0n) is 17.9. The second-order valence-electron chi connectivity index (χ2n) is 8.03. The molecular formula is C23H28FN3O4S. The van der Waals surface area contributed by atoms with Crippen LogP contribution in [0, 0.1) is 5.82 Å². The van der Waals surface area contributed by atoms with E-state index in [2.05, 4.69) is 10.2 Å². The second-order valence-corrected chi connectivity index (χ2v) is 9.97. The van der Waals surface area contributed by atoms with Crippen molar-refractivity contribution in [3.63, 3.8) is 0 Å². The maximum Gasteiger partial charge on any atom is 0.258 e. The van der Waals surface area contributed by atoms with Gasteiger partial charge in [-0.15, -0.1) is 0 Å². The molecule has 2 aliphatic heterocycles. The van der Waals surface area contributed by atoms with E-state index in [9.17, 15) is 17.6 Å². The minimum absolute atomic E-state index is 0.105. The zero-order valence-corrected chi connectivity index (χ0v) is 18.7. The Kier molecular flexibility index (Phi) is 7.07. The summed E-state index contributed by atoms with van der Waals surface area (Å²) in [6, 6.07) is 10.8. The number of amides is 1. The summed E-state index contributed by atoms with van der Waals surface area (Å²) in [5.41, 5.74) is 1.17. The highest BCUT2D eigenvalue weighted by atomic mass is 32.2. The Labute approximate surface area is 188 Å². The average Bonchev–Trinajstić information content (AvgIpc) is 3.09. The van der Waals surface area contributed by atoms with E-state index in [1.165, 1.54) is 23.2 Å². The quantitative estimate of drug-likeness (QED) is 0.738. The molecule has 9 heteroatoms. The highest BCUT2D eigenvalue weighted by molar-refractivity contribution is 7.89. The number of rotatable bonds is 5. The lowest BCUT2D eigenvalue weighted by molar-refractivity contribution is 0.0730. The summed E-state index contributed by atoms with van der Waals surface area (Å²) >= 11 is 0. The van der Waals surface area contributed by atoms with Crippen molar-refractivity contribution in [2.75, 3.05) is 49.6 Å². The summed E-state index contributed by atoms with van der Waals surface area (Å²) in [7, 11) is -3.84. The highest BCUT2D eigenvalue weighted by Gasteiger charge is 2.28. The molecule has 2 aromatic carbocycles. The van der Waals surface area contributed by atoms with Crippen LogP contribution in [0.1, 0.15) is 36.0 Å². The largest absolute Gasteiger partial charge is 0.379 e. The molecule has 2 aliphatic rings. The molecule has 32 heavy (non-hydrogen) atoms. The molecule has 7 nitrogen and oxygen atoms in total. The van der Waals surface area contributed by atoms with E-state index in [0.29, 0.717) is 18.9 Å². The van der Waals surface area contributed by atoms with E-state index in [-0.39, 0.29) is 23.5 Å². The number of para-hydroxylation sites is 2. The van der Waals surface area contributed by atoms with Crippen molar-refractivity contribution in [2.45, 2.75) is 30.6 Å². The molecule has 0 saturated carbocycles. The zero-order chi connectivity index (χ0) is 22.6. The van der Waals surface area contributed by atoms with Crippen LogP contribution in [0.25, 0.3) is 0 Å². The molecular weight excluding hydrogens is 433 g/mol. The Morgan fingerprint density at radius 3 is 2.34 bits per heavy atom. The van der Waals surface area contributed by atoms with Gasteiger partial charge in [-0.05, 0) is 43.2 Å². The monoisotopic (exact) mass is 461 g/mol. The smallest absolute Gasteiger partial charge is 0.258 e. The lowest BCUT2D eigenvalue weighted by Gasteiger charge is -2.26. The van der Waals surface area contributed by atoms with E-state index in [0.717, 1.165) is 43.8 Å². The lowest BCUT2D eigenvalue weighted by atomic mass is 10.1. The molecule has 0 bridgehead atoms. The number of carbonyl (C=O) groups excluding carboxylic acids is 1. The van der Waals surface area contributed by atoms with Crippen LogP contribution >= 0.6 is 0 Å². The molecule has 0 radical (unpaired) electrons. The van der Waals surface area contributed by atoms with Gasteiger partial charge >= 0.3 is 0 Å². The first-order valence-corrected chi connectivity index (χ1v) is 12.4. The average molecular weight is 462 g/mol. The Morgan fingerprint density at radius 1 is 0.938 bits per heavy atom. The van der Waals surface area contributed by atoms with Crippen molar-refractivity contribution >= 4 is 27.3 Å². The first kappa shape index (κ1) is 22.7. The van der Waals surface area contributed by atoms with Crippen molar-refractivity contribution in [3.05, 3.63) is 53.8 Å². The molecule has 2 aromatic rings. The third-order valence-corrected chi connectivity index (χ3v) is 7.78. The van der Waals surface area contributed by atoms with E-state index >= 15 is 0 Å². The minimum atomic E-state index is -3.84. The summed E-state index contributed by atoms with van der Waals surface area (Å²) in [5, 5.41) is 2.79. The number of hydrogen-bond donors (Lipinski definition) is 1. The molecule has 2 fully saturated rings. The topological polar surface area (TPSA) is 79.0 Å². The maximum absolute atomic E-state index is 14.6. The van der Waals surface area contributed by atoms with Gasteiger partial charge in [-0.2, -0.15) is 4.31 Å². The number of ether oxygens (including phenoxy) is 1. The standard InChI is InChI=1S/C23H28FN3O4S/c24-20-10-9-18(32(29,30)27-13-15-31-16-14-27)17-19(20)23(28)25-21-7-3-4-8-22(21)26-11-5-1-2-6-12-26/h3-4,7-10,17H,1-2,5-6,11-16H2,(H,25,28). The van der Waals surface area contributed by atoms with Crippen LogP contribution in [0.3, 0.4) is 0 Å². The summed E-state index contributed by atoms with van der Waals surface area (Å²) in [4.78, 5) is 15.1. The number of sulfonamides is 1. The van der Waals surface area contributed by atoms with E-state index in [1.54, 1.807) is 6.07 Å². The first-order valence-electron chi connectivity index (χ1n) is 11.0. The van der Waals surface area contributed by atoms with Crippen molar-refractivity contribution in [1.29, 1.82) is 0 Å². The fraction of sp³-hybridized carbons (Fsp3) is 0.435. The predicted molar refractivity (Wildman–Crippen MR) is 121 cm³/mol. The van der Waals surface area contributed by atoms with Gasteiger partial charge in [-0.1, -0.05) is 25.0 Å². The molecule has 2 saturated heterocycles. The predicted octanol–water partition coefficient (Wildman–Crippen LogP) is 3.48. The number of morpholine rings is 1. The summed E-state index contributed by atoms with van der Waals surface area (Å²) < 4.78 is 46.9. The van der Waals surface area contributed by atoms with Gasteiger partial charge in [0.2, 0.25) is 10.0 Å². The summed E-state index contributed by atoms with van der Waals surface area (Å²) in [6.07, 6.45) is 4.53. The number of carbonyl (C=O) groups is 1. The van der Waals surface area contributed by atoms with Crippen LogP contribution in [0.2, 0.25) is 0 Å². The Hall–Kier alpha value is -2.49. The number of nitrogens with one attached hydrogen (secondary N) is 1. The van der Waals surface area contributed by atoms with Gasteiger partial charge in [-0.25, -0.2) is 12.8 Å². The molecule has 0 spiro atoms. The maximum atomic E-state index is 14.6. The van der Waals surface area contributed by atoms with Gasteiger partial charge in [0.25, 0.3) is 5.91 Å². The van der Waals surface area contributed by atoms with Crippen LogP contribution in [0.15, 0.2) is 47.4 Å². The SMILES string of the molecule is O=C(Nc1ccccc1N1CCCCCC1)c1cc(S(=O)(=O)N2CCOCC2)ccc1F. The van der Waals surface area contributed by atoms with E-state index in [1.807, 2.05) is 18.2 Å². The number of nitrogens with zero attached hydrogens (tertiary/aromatic N) is 2. The lowest BCUT2D eigenvalue weighted by Crippen LogP contribution is -2.40. The van der Waals surface area contributed by atoms with Gasteiger partial charge in [0.05, 0.1) is 35.0 Å². The van der Waals surface area contributed by atoms with Gasteiger partial charge < -0.3 is 15.0 Å². The van der Waals surface area contributed by atoms with Crippen LogP contribution in [-0.2, 0) is 14.8 Å². The molecule has 0 aliphatic carbocycles. The van der Waals surface area contributed by atoms with E-state index < -0.39 is 21.7 Å². The fourth-order valence-electron chi connectivity index (χ4n) is 4.13. The van der Waals surface area contributed by atoms with E-state index in [4.69, 9.17) is 4.74 Å². The Morgan fingerprint density at radius 2 is 1.62 bits per heavy atom. The summed E-state index contributed by atoms with van der Waals surface area (Å²) in [6.45, 7) is 2.86. The normalized spacial score (nSPS) is 18.2. The highest BCUT2D eigenvalue weighted by Crippen LogP contribution is 2.29. The number of hydrogen-bond acceptors (Lipinski definition) is 5. The molecule has 4 rings (SSSR count). The summed E-state index contributed by atoms with van der Waals surface area (Å²) in [5.74, 6) is -1.44. The van der Waals surface area contributed by atoms with Gasteiger partial charge in [0, 0.05) is 26.2 Å². The molecule has 0 unspecified atom stereocenters. The van der Waals surface area contributed by atoms with Gasteiger partial charge in [0.15, 0.2) is 0 Å². The molecule has 2 heterocycles. The molecule has 172 valence electrons. The number of anilines is 2. The van der Waals surface area contributed by atoms with Crippen LogP contribution < -0.4 is 10.2 Å². The van der Waals surface area contributed by atoms with Gasteiger partial charge in [0.1, 0.15) is 5.82 Å². The van der Waals surface area contributed by atoms with Crippen molar-refractivity contribution in [1.82, 2.24) is 4.31 Å². The Balaban J connectivity index is 1.59. The van der Waals surface area contributed by atoms with Crippen LogP contribution in [0.5, 0.6) is 0 Å². The second kappa shape index (κ2) is 9.97. The molecule has 0 atom stereocenters. The third-order valence-electron chi connectivity index (χ3n) is 5.89. The van der Waals surface area contributed by atoms with Gasteiger partial charge in [-0.3, -0.25) is 4.79 Å². The minimum Gasteiger partial charge on any atom is -0.379 e. The van der Waals surface area contributed by atoms with Crippen molar-refractivity contribution in [2.24, 2.45) is 0 Å². The first-order chi connectivity index (χ1) is 15.5. The number of benzene rings is 2. The molecule has 0 aromatic heterocycles. The molecule has 1 N–H and O–H groups in total. The number of halogens is 1. The van der Waals surface area contributed by atoms with Crippen LogP contribution in [0.4, 0.5) is 15.8 Å². The van der Waals surface area contributed by atoms with Crippen molar-refractivity contribution < 1.29 is 22.3 Å². The molecule has 1 amide bonds.